The van der Waals surface area contributed by atoms with Crippen molar-refractivity contribution in [3.05, 3.63) is 54.6 Å². The molecule has 2 aromatic rings. The monoisotopic (exact) mass is 271 g/mol. The first kappa shape index (κ1) is 13.9. The molecular weight excluding hydrogens is 254 g/mol. The molecule has 104 valence electrons. The molecule has 0 radical (unpaired) electrons. The number of aliphatic carboxylic acids is 1. The normalized spacial score (nSPS) is 11.7. The summed E-state index contributed by atoms with van der Waals surface area (Å²) in [5, 5.41) is 9.11. The van der Waals surface area contributed by atoms with Crippen LogP contribution in [0.15, 0.2) is 54.6 Å². The summed E-state index contributed by atoms with van der Waals surface area (Å²) in [7, 11) is 1.74. The summed E-state index contributed by atoms with van der Waals surface area (Å²) < 4.78 is 5.83. The summed E-state index contributed by atoms with van der Waals surface area (Å²) in [6.07, 6.45) is 0. The second-order valence-electron chi connectivity index (χ2n) is 4.51. The molecular formula is C16H17NO3. The minimum atomic E-state index is -0.873. The number of anilines is 1. The molecule has 20 heavy (non-hydrogen) atoms. The number of benzene rings is 2. The fourth-order valence-corrected chi connectivity index (χ4v) is 1.82. The van der Waals surface area contributed by atoms with Gasteiger partial charge in [0.1, 0.15) is 11.8 Å². The van der Waals surface area contributed by atoms with E-state index in [-0.39, 0.29) is 0 Å². The van der Waals surface area contributed by atoms with Crippen molar-refractivity contribution in [3.63, 3.8) is 0 Å². The maximum absolute atomic E-state index is 11.1. The van der Waals surface area contributed by atoms with Gasteiger partial charge in [-0.1, -0.05) is 30.3 Å². The first-order chi connectivity index (χ1) is 9.59. The molecule has 0 saturated carbocycles. The van der Waals surface area contributed by atoms with E-state index in [4.69, 9.17) is 9.84 Å². The molecule has 0 aliphatic rings. The van der Waals surface area contributed by atoms with E-state index in [0.29, 0.717) is 5.75 Å². The largest absolute Gasteiger partial charge is 0.480 e. The van der Waals surface area contributed by atoms with Gasteiger partial charge in [0.05, 0.1) is 5.69 Å². The zero-order valence-corrected chi connectivity index (χ0v) is 11.5. The number of hydrogen-bond acceptors (Lipinski definition) is 3. The third kappa shape index (κ3) is 3.09. The summed E-state index contributed by atoms with van der Waals surface area (Å²) in [5.74, 6) is 0.479. The Morgan fingerprint density at radius 3 is 2.35 bits per heavy atom. The van der Waals surface area contributed by atoms with Crippen LogP contribution in [0.1, 0.15) is 6.92 Å². The number of carboxylic acid groups (broad SMARTS) is 1. The van der Waals surface area contributed by atoms with Gasteiger partial charge in [0.2, 0.25) is 0 Å². The Morgan fingerprint density at radius 2 is 1.70 bits per heavy atom. The van der Waals surface area contributed by atoms with Crippen LogP contribution in [0.5, 0.6) is 11.5 Å². The Morgan fingerprint density at radius 1 is 1.10 bits per heavy atom. The van der Waals surface area contributed by atoms with Crippen molar-refractivity contribution in [2.45, 2.75) is 13.0 Å². The quantitative estimate of drug-likeness (QED) is 0.905. The van der Waals surface area contributed by atoms with Crippen molar-refractivity contribution in [3.8, 4) is 11.5 Å². The number of ether oxygens (including phenoxy) is 1. The van der Waals surface area contributed by atoms with Crippen molar-refractivity contribution < 1.29 is 14.6 Å². The van der Waals surface area contributed by atoms with Gasteiger partial charge >= 0.3 is 5.97 Å². The average Bonchev–Trinajstić information content (AvgIpc) is 2.47. The van der Waals surface area contributed by atoms with Crippen LogP contribution in [-0.2, 0) is 4.79 Å². The maximum Gasteiger partial charge on any atom is 0.326 e. The molecule has 4 nitrogen and oxygen atoms in total. The summed E-state index contributed by atoms with van der Waals surface area (Å²) >= 11 is 0. The number of nitrogens with zero attached hydrogens (tertiary/aromatic N) is 1. The minimum Gasteiger partial charge on any atom is -0.480 e. The highest BCUT2D eigenvalue weighted by molar-refractivity contribution is 5.78. The molecule has 0 heterocycles. The van der Waals surface area contributed by atoms with E-state index in [1.807, 2.05) is 54.6 Å². The topological polar surface area (TPSA) is 49.8 Å². The first-order valence-corrected chi connectivity index (χ1v) is 6.37. The van der Waals surface area contributed by atoms with E-state index >= 15 is 0 Å². The lowest BCUT2D eigenvalue weighted by Gasteiger charge is -2.25. The van der Waals surface area contributed by atoms with Gasteiger partial charge in [0.15, 0.2) is 5.75 Å². The fourth-order valence-electron chi connectivity index (χ4n) is 1.82. The zero-order valence-electron chi connectivity index (χ0n) is 11.5. The number of carboxylic acids is 1. The van der Waals surface area contributed by atoms with Gasteiger partial charge < -0.3 is 14.7 Å². The Balaban J connectivity index is 2.29. The van der Waals surface area contributed by atoms with Crippen LogP contribution in [0.25, 0.3) is 0 Å². The molecule has 1 N–H and O–H groups in total. The second-order valence-corrected chi connectivity index (χ2v) is 4.51. The maximum atomic E-state index is 11.1. The van der Waals surface area contributed by atoms with Crippen LogP contribution in [0.4, 0.5) is 5.69 Å². The van der Waals surface area contributed by atoms with E-state index in [0.717, 1.165) is 11.4 Å². The molecule has 0 aliphatic heterocycles. The second kappa shape index (κ2) is 6.10. The van der Waals surface area contributed by atoms with Crippen LogP contribution >= 0.6 is 0 Å². The Bertz CT molecular complexity index is 583. The van der Waals surface area contributed by atoms with Crippen molar-refractivity contribution in [1.29, 1.82) is 0 Å². The van der Waals surface area contributed by atoms with E-state index in [1.54, 1.807) is 18.9 Å². The average molecular weight is 271 g/mol. The van der Waals surface area contributed by atoms with Crippen molar-refractivity contribution >= 4 is 11.7 Å². The van der Waals surface area contributed by atoms with Gasteiger partial charge in [-0.15, -0.1) is 0 Å². The number of likely N-dealkylation sites (N-methyl/N-ethyl adjacent to an activating group) is 1. The highest BCUT2D eigenvalue weighted by Crippen LogP contribution is 2.32. The standard InChI is InChI=1S/C16H17NO3/c1-12(16(18)19)17(2)14-10-6-7-11-15(14)20-13-8-4-3-5-9-13/h3-12H,1-2H3,(H,18,19)/t12-/m1/s1. The van der Waals surface area contributed by atoms with Gasteiger partial charge in [-0.25, -0.2) is 4.79 Å². The molecule has 0 saturated heterocycles. The van der Waals surface area contributed by atoms with Crippen molar-refractivity contribution in [2.75, 3.05) is 11.9 Å². The lowest BCUT2D eigenvalue weighted by molar-refractivity contribution is -0.138. The van der Waals surface area contributed by atoms with Crippen LogP contribution in [0, 0.1) is 0 Å². The van der Waals surface area contributed by atoms with E-state index < -0.39 is 12.0 Å². The van der Waals surface area contributed by atoms with Crippen LogP contribution in [0.3, 0.4) is 0 Å². The molecule has 0 aromatic heterocycles. The highest BCUT2D eigenvalue weighted by Gasteiger charge is 2.20. The molecule has 0 spiro atoms. The summed E-state index contributed by atoms with van der Waals surface area (Å²) in [4.78, 5) is 12.8. The summed E-state index contributed by atoms with van der Waals surface area (Å²) in [6.45, 7) is 1.64. The summed E-state index contributed by atoms with van der Waals surface area (Å²) in [6, 6.07) is 16.2. The third-order valence-corrected chi connectivity index (χ3v) is 3.15. The molecule has 2 rings (SSSR count). The minimum absolute atomic E-state index is 0.629. The SMILES string of the molecule is C[C@H](C(=O)O)N(C)c1ccccc1Oc1ccccc1. The Hall–Kier alpha value is -2.49. The molecule has 0 aliphatic carbocycles. The van der Waals surface area contributed by atoms with E-state index in [9.17, 15) is 4.79 Å². The fraction of sp³-hybridized carbons (Fsp3) is 0.188. The van der Waals surface area contributed by atoms with Gasteiger partial charge in [-0.3, -0.25) is 0 Å². The molecule has 4 heteroatoms. The third-order valence-electron chi connectivity index (χ3n) is 3.15. The number of rotatable bonds is 5. The molecule has 1 atom stereocenters. The highest BCUT2D eigenvalue weighted by atomic mass is 16.5. The molecule has 0 fully saturated rings. The number of carbonyl (C=O) groups is 1. The first-order valence-electron chi connectivity index (χ1n) is 6.37. The zero-order chi connectivity index (χ0) is 14.5. The molecule has 2 aromatic carbocycles. The van der Waals surface area contributed by atoms with E-state index in [2.05, 4.69) is 0 Å². The number of para-hydroxylation sites is 3. The van der Waals surface area contributed by atoms with Crippen LogP contribution in [0.2, 0.25) is 0 Å². The molecule has 0 unspecified atom stereocenters. The Kier molecular flexibility index (Phi) is 4.25. The summed E-state index contributed by atoms with van der Waals surface area (Å²) in [5.41, 5.74) is 0.742. The van der Waals surface area contributed by atoms with Gasteiger partial charge in [0.25, 0.3) is 0 Å². The van der Waals surface area contributed by atoms with Gasteiger partial charge in [-0.2, -0.15) is 0 Å². The number of hydrogen-bond donors (Lipinski definition) is 1. The lowest BCUT2D eigenvalue weighted by Crippen LogP contribution is -2.35. The molecule has 0 bridgehead atoms. The smallest absolute Gasteiger partial charge is 0.326 e. The predicted molar refractivity (Wildman–Crippen MR) is 78.5 cm³/mol. The molecule has 0 amide bonds. The predicted octanol–water partition coefficient (Wildman–Crippen LogP) is 3.39. The van der Waals surface area contributed by atoms with Crippen molar-refractivity contribution in [1.82, 2.24) is 0 Å². The lowest BCUT2D eigenvalue weighted by atomic mass is 10.2. The van der Waals surface area contributed by atoms with E-state index in [1.165, 1.54) is 0 Å². The van der Waals surface area contributed by atoms with Gasteiger partial charge in [-0.05, 0) is 31.2 Å². The van der Waals surface area contributed by atoms with Crippen LogP contribution in [-0.4, -0.2) is 24.2 Å². The van der Waals surface area contributed by atoms with Crippen LogP contribution < -0.4 is 9.64 Å². The van der Waals surface area contributed by atoms with Crippen molar-refractivity contribution in [2.24, 2.45) is 0 Å². The Labute approximate surface area is 118 Å². The van der Waals surface area contributed by atoms with Gasteiger partial charge in [0, 0.05) is 7.05 Å².